The van der Waals surface area contributed by atoms with Gasteiger partial charge < -0.3 is 9.47 Å². The number of carbonyl (C=O) groups is 1. The summed E-state index contributed by atoms with van der Waals surface area (Å²) >= 11 is 0. The zero-order chi connectivity index (χ0) is 11.7. The van der Waals surface area contributed by atoms with Crippen molar-refractivity contribution in [3.63, 3.8) is 0 Å². The van der Waals surface area contributed by atoms with E-state index in [1.807, 2.05) is 27.7 Å². The van der Waals surface area contributed by atoms with E-state index in [1.165, 1.54) is 0 Å². The zero-order valence-corrected chi connectivity index (χ0v) is 10.0. The number of carbonyl (C=O) groups excluding carboxylic acids is 1. The summed E-state index contributed by atoms with van der Waals surface area (Å²) in [6.07, 6.45) is 1.85. The Labute approximate surface area is 91.4 Å². The summed E-state index contributed by atoms with van der Waals surface area (Å²) in [5.41, 5.74) is -0.802. The fourth-order valence-corrected chi connectivity index (χ4v) is 1.73. The van der Waals surface area contributed by atoms with E-state index in [0.717, 1.165) is 0 Å². The van der Waals surface area contributed by atoms with Crippen LogP contribution in [0.4, 0.5) is 0 Å². The molecule has 15 heavy (non-hydrogen) atoms. The molecule has 0 heterocycles. The van der Waals surface area contributed by atoms with Crippen molar-refractivity contribution in [1.82, 2.24) is 0 Å². The standard InChI is InChI=1S/C12H20O3/c1-6-7-14-9(2)15-12(5)8-10(13)11(12,3)4/h6,9H,1,7-8H2,2-5H3. The van der Waals surface area contributed by atoms with E-state index in [-0.39, 0.29) is 12.1 Å². The molecule has 0 amide bonds. The lowest BCUT2D eigenvalue weighted by Crippen LogP contribution is -2.62. The summed E-state index contributed by atoms with van der Waals surface area (Å²) in [4.78, 5) is 11.4. The van der Waals surface area contributed by atoms with Gasteiger partial charge in [-0.05, 0) is 13.8 Å². The van der Waals surface area contributed by atoms with Gasteiger partial charge in [-0.25, -0.2) is 0 Å². The summed E-state index contributed by atoms with van der Waals surface area (Å²) in [7, 11) is 0. The molecule has 0 N–H and O–H groups in total. The Morgan fingerprint density at radius 3 is 2.53 bits per heavy atom. The highest BCUT2D eigenvalue weighted by atomic mass is 16.7. The van der Waals surface area contributed by atoms with Crippen molar-refractivity contribution in [3.8, 4) is 0 Å². The molecule has 0 spiro atoms. The van der Waals surface area contributed by atoms with E-state index in [4.69, 9.17) is 9.47 Å². The Balaban J connectivity index is 2.51. The molecule has 0 aliphatic heterocycles. The molecule has 0 aromatic carbocycles. The molecule has 1 fully saturated rings. The Kier molecular flexibility index (Phi) is 3.36. The molecule has 1 aliphatic rings. The van der Waals surface area contributed by atoms with Gasteiger partial charge in [0, 0.05) is 6.42 Å². The maximum atomic E-state index is 11.4. The lowest BCUT2D eigenvalue weighted by Gasteiger charge is -2.52. The monoisotopic (exact) mass is 212 g/mol. The molecule has 1 rings (SSSR count). The third-order valence-corrected chi connectivity index (χ3v) is 3.39. The van der Waals surface area contributed by atoms with Crippen LogP contribution in [-0.2, 0) is 14.3 Å². The Morgan fingerprint density at radius 2 is 2.13 bits per heavy atom. The van der Waals surface area contributed by atoms with Crippen LogP contribution in [0.25, 0.3) is 0 Å². The largest absolute Gasteiger partial charge is 0.349 e. The molecule has 0 aromatic rings. The average Bonchev–Trinajstić information content (AvgIpc) is 2.14. The van der Waals surface area contributed by atoms with Gasteiger partial charge in [-0.15, -0.1) is 6.58 Å². The van der Waals surface area contributed by atoms with Crippen LogP contribution in [0.3, 0.4) is 0 Å². The summed E-state index contributed by atoms with van der Waals surface area (Å²) in [6, 6.07) is 0. The average molecular weight is 212 g/mol. The second-order valence-electron chi connectivity index (χ2n) is 4.76. The molecular formula is C12H20O3. The van der Waals surface area contributed by atoms with Gasteiger partial charge in [0.05, 0.1) is 17.6 Å². The van der Waals surface area contributed by atoms with E-state index < -0.39 is 11.0 Å². The number of ether oxygens (including phenoxy) is 2. The van der Waals surface area contributed by atoms with E-state index in [2.05, 4.69) is 6.58 Å². The van der Waals surface area contributed by atoms with Gasteiger partial charge >= 0.3 is 0 Å². The second kappa shape index (κ2) is 4.06. The number of hydrogen-bond donors (Lipinski definition) is 0. The highest BCUT2D eigenvalue weighted by Crippen LogP contribution is 2.49. The number of hydrogen-bond acceptors (Lipinski definition) is 3. The Morgan fingerprint density at radius 1 is 1.53 bits per heavy atom. The zero-order valence-electron chi connectivity index (χ0n) is 10.0. The molecule has 3 nitrogen and oxygen atoms in total. The number of Topliss-reactive ketones (excluding diaryl/α,β-unsaturated/α-hetero) is 1. The van der Waals surface area contributed by atoms with Gasteiger partial charge in [0.2, 0.25) is 0 Å². The van der Waals surface area contributed by atoms with Crippen LogP contribution in [0.2, 0.25) is 0 Å². The Bertz CT molecular complexity index is 270. The molecule has 0 radical (unpaired) electrons. The quantitative estimate of drug-likeness (QED) is 0.518. The van der Waals surface area contributed by atoms with Crippen molar-refractivity contribution >= 4 is 5.78 Å². The van der Waals surface area contributed by atoms with Gasteiger partial charge in [0.25, 0.3) is 0 Å². The van der Waals surface area contributed by atoms with Crippen LogP contribution < -0.4 is 0 Å². The lowest BCUT2D eigenvalue weighted by molar-refractivity contribution is -0.248. The molecule has 1 aliphatic carbocycles. The predicted octanol–water partition coefficient (Wildman–Crippen LogP) is 2.31. The van der Waals surface area contributed by atoms with Gasteiger partial charge in [-0.3, -0.25) is 4.79 Å². The molecular weight excluding hydrogens is 192 g/mol. The highest BCUT2D eigenvalue weighted by Gasteiger charge is 2.58. The second-order valence-corrected chi connectivity index (χ2v) is 4.76. The van der Waals surface area contributed by atoms with E-state index >= 15 is 0 Å². The van der Waals surface area contributed by atoms with Crippen molar-refractivity contribution in [2.45, 2.75) is 46.0 Å². The minimum atomic E-state index is -0.404. The summed E-state index contributed by atoms with van der Waals surface area (Å²) in [6.45, 7) is 11.7. The van der Waals surface area contributed by atoms with Crippen LogP contribution in [-0.4, -0.2) is 24.3 Å². The predicted molar refractivity (Wildman–Crippen MR) is 58.5 cm³/mol. The molecule has 1 saturated carbocycles. The topological polar surface area (TPSA) is 35.5 Å². The Hall–Kier alpha value is -0.670. The molecule has 0 aromatic heterocycles. The first kappa shape index (κ1) is 12.4. The van der Waals surface area contributed by atoms with Crippen molar-refractivity contribution in [2.24, 2.45) is 5.41 Å². The number of rotatable bonds is 5. The van der Waals surface area contributed by atoms with Crippen LogP contribution in [0.15, 0.2) is 12.7 Å². The van der Waals surface area contributed by atoms with Crippen molar-refractivity contribution < 1.29 is 14.3 Å². The fourth-order valence-electron chi connectivity index (χ4n) is 1.73. The first-order valence-corrected chi connectivity index (χ1v) is 5.27. The van der Waals surface area contributed by atoms with Gasteiger partial charge in [0.1, 0.15) is 5.78 Å². The van der Waals surface area contributed by atoms with E-state index in [1.54, 1.807) is 6.08 Å². The summed E-state index contributed by atoms with van der Waals surface area (Å²) < 4.78 is 11.1. The van der Waals surface area contributed by atoms with Crippen molar-refractivity contribution in [3.05, 3.63) is 12.7 Å². The molecule has 2 unspecified atom stereocenters. The SMILES string of the molecule is C=CCOC(C)OC1(C)CC(=O)C1(C)C. The van der Waals surface area contributed by atoms with Crippen molar-refractivity contribution in [2.75, 3.05) is 6.61 Å². The van der Waals surface area contributed by atoms with E-state index in [0.29, 0.717) is 13.0 Å². The smallest absolute Gasteiger partial charge is 0.156 e. The van der Waals surface area contributed by atoms with Crippen molar-refractivity contribution in [1.29, 1.82) is 0 Å². The first-order chi connectivity index (χ1) is 6.83. The van der Waals surface area contributed by atoms with Gasteiger partial charge in [-0.2, -0.15) is 0 Å². The first-order valence-electron chi connectivity index (χ1n) is 5.27. The fraction of sp³-hybridized carbons (Fsp3) is 0.750. The molecule has 86 valence electrons. The molecule has 2 atom stereocenters. The van der Waals surface area contributed by atoms with Gasteiger partial charge in [0.15, 0.2) is 6.29 Å². The molecule has 3 heteroatoms. The van der Waals surface area contributed by atoms with Crippen LogP contribution in [0.5, 0.6) is 0 Å². The minimum absolute atomic E-state index is 0.251. The summed E-state index contributed by atoms with van der Waals surface area (Å²) in [5.74, 6) is 0.251. The van der Waals surface area contributed by atoms with Crippen LogP contribution in [0, 0.1) is 5.41 Å². The highest BCUT2D eigenvalue weighted by molar-refractivity contribution is 5.93. The van der Waals surface area contributed by atoms with Gasteiger partial charge in [-0.1, -0.05) is 19.9 Å². The minimum Gasteiger partial charge on any atom is -0.349 e. The third kappa shape index (κ3) is 2.13. The van der Waals surface area contributed by atoms with Crippen LogP contribution in [0.1, 0.15) is 34.1 Å². The van der Waals surface area contributed by atoms with Crippen LogP contribution >= 0.6 is 0 Å². The normalized spacial score (nSPS) is 30.8. The molecule has 0 saturated heterocycles. The maximum Gasteiger partial charge on any atom is 0.156 e. The third-order valence-electron chi connectivity index (χ3n) is 3.39. The summed E-state index contributed by atoms with van der Waals surface area (Å²) in [5, 5.41) is 0. The lowest BCUT2D eigenvalue weighted by atomic mass is 9.58. The molecule has 0 bridgehead atoms. The van der Waals surface area contributed by atoms with E-state index in [9.17, 15) is 4.79 Å². The number of ketones is 1. The maximum absolute atomic E-state index is 11.4.